The minimum absolute atomic E-state index is 0.347. The largest absolute Gasteiger partial charge is 0.491 e. The molecule has 0 aromatic heterocycles. The molecule has 2 N–H and O–H groups in total. The standard InChI is InChI=1S/C16H25NO2/c1-12-7-13(2)9-16(8-12)19-11-15(18)10-17-6-5-14-3-4-14/h7-9,14-15,17-18H,3-6,10-11H2,1-2H3. The van der Waals surface area contributed by atoms with Crippen LogP contribution < -0.4 is 10.1 Å². The van der Waals surface area contributed by atoms with Crippen LogP contribution in [-0.2, 0) is 0 Å². The van der Waals surface area contributed by atoms with E-state index in [2.05, 4.69) is 25.2 Å². The Bertz CT molecular complexity index is 381. The average molecular weight is 263 g/mol. The van der Waals surface area contributed by atoms with Gasteiger partial charge in [0.05, 0.1) is 0 Å². The molecule has 1 aliphatic carbocycles. The lowest BCUT2D eigenvalue weighted by molar-refractivity contribution is 0.106. The summed E-state index contributed by atoms with van der Waals surface area (Å²) in [7, 11) is 0. The molecule has 3 nitrogen and oxygen atoms in total. The zero-order valence-electron chi connectivity index (χ0n) is 12.0. The van der Waals surface area contributed by atoms with E-state index in [1.807, 2.05) is 12.1 Å². The lowest BCUT2D eigenvalue weighted by atomic mass is 10.1. The topological polar surface area (TPSA) is 41.5 Å². The quantitative estimate of drug-likeness (QED) is 0.708. The highest BCUT2D eigenvalue weighted by molar-refractivity contribution is 5.32. The SMILES string of the molecule is Cc1cc(C)cc(OCC(O)CNCCC2CC2)c1. The number of hydrogen-bond donors (Lipinski definition) is 2. The van der Waals surface area contributed by atoms with Crippen LogP contribution in [0.3, 0.4) is 0 Å². The van der Waals surface area contributed by atoms with Gasteiger partial charge in [-0.1, -0.05) is 18.9 Å². The van der Waals surface area contributed by atoms with E-state index in [0.717, 1.165) is 18.2 Å². The van der Waals surface area contributed by atoms with Gasteiger partial charge in [-0.05, 0) is 56.0 Å². The van der Waals surface area contributed by atoms with Crippen LogP contribution in [-0.4, -0.2) is 30.9 Å². The average Bonchev–Trinajstić information content (AvgIpc) is 3.15. The number of ether oxygens (including phenoxy) is 1. The Hall–Kier alpha value is -1.06. The summed E-state index contributed by atoms with van der Waals surface area (Å²) < 4.78 is 5.63. The molecule has 0 saturated heterocycles. The highest BCUT2D eigenvalue weighted by Crippen LogP contribution is 2.31. The molecule has 1 aliphatic rings. The molecule has 19 heavy (non-hydrogen) atoms. The van der Waals surface area contributed by atoms with E-state index < -0.39 is 6.10 Å². The minimum atomic E-state index is -0.444. The van der Waals surface area contributed by atoms with Gasteiger partial charge in [-0.3, -0.25) is 0 Å². The van der Waals surface area contributed by atoms with Gasteiger partial charge in [0.25, 0.3) is 0 Å². The second-order valence-electron chi connectivity index (χ2n) is 5.72. The van der Waals surface area contributed by atoms with Gasteiger partial charge in [-0.15, -0.1) is 0 Å². The molecule has 0 heterocycles. The van der Waals surface area contributed by atoms with Gasteiger partial charge in [0.1, 0.15) is 18.5 Å². The number of aliphatic hydroxyl groups is 1. The molecule has 1 unspecified atom stereocenters. The van der Waals surface area contributed by atoms with E-state index in [4.69, 9.17) is 4.74 Å². The van der Waals surface area contributed by atoms with Crippen molar-refractivity contribution in [3.05, 3.63) is 29.3 Å². The van der Waals surface area contributed by atoms with Crippen LogP contribution in [0.15, 0.2) is 18.2 Å². The lowest BCUT2D eigenvalue weighted by Gasteiger charge is -2.14. The van der Waals surface area contributed by atoms with E-state index in [-0.39, 0.29) is 0 Å². The third kappa shape index (κ3) is 5.62. The van der Waals surface area contributed by atoms with Gasteiger partial charge in [0.2, 0.25) is 0 Å². The first-order valence-corrected chi connectivity index (χ1v) is 7.23. The van der Waals surface area contributed by atoms with E-state index >= 15 is 0 Å². The Morgan fingerprint density at radius 3 is 2.58 bits per heavy atom. The number of aliphatic hydroxyl groups excluding tert-OH is 1. The van der Waals surface area contributed by atoms with E-state index in [0.29, 0.717) is 13.2 Å². The maximum atomic E-state index is 9.84. The smallest absolute Gasteiger partial charge is 0.119 e. The predicted octanol–water partition coefficient (Wildman–Crippen LogP) is 2.43. The summed E-state index contributed by atoms with van der Waals surface area (Å²) in [4.78, 5) is 0. The zero-order valence-corrected chi connectivity index (χ0v) is 12.0. The molecular weight excluding hydrogens is 238 g/mol. The molecule has 3 heteroatoms. The molecule has 0 bridgehead atoms. The molecule has 1 fully saturated rings. The van der Waals surface area contributed by atoms with Gasteiger partial charge in [-0.25, -0.2) is 0 Å². The summed E-state index contributed by atoms with van der Waals surface area (Å²) in [6.45, 7) is 6.06. The van der Waals surface area contributed by atoms with Crippen molar-refractivity contribution in [2.75, 3.05) is 19.7 Å². The molecule has 106 valence electrons. The minimum Gasteiger partial charge on any atom is -0.491 e. The molecule has 0 aliphatic heterocycles. The molecule has 1 saturated carbocycles. The Kier molecular flexibility index (Phi) is 5.23. The summed E-state index contributed by atoms with van der Waals surface area (Å²) in [6, 6.07) is 6.11. The fourth-order valence-electron chi connectivity index (χ4n) is 2.25. The number of nitrogens with one attached hydrogen (secondary N) is 1. The zero-order chi connectivity index (χ0) is 13.7. The maximum absolute atomic E-state index is 9.84. The first-order valence-electron chi connectivity index (χ1n) is 7.23. The number of rotatable bonds is 8. The van der Waals surface area contributed by atoms with E-state index in [1.54, 1.807) is 0 Å². The summed E-state index contributed by atoms with van der Waals surface area (Å²) >= 11 is 0. The Labute approximate surface area is 116 Å². The first kappa shape index (κ1) is 14.4. The Morgan fingerprint density at radius 2 is 1.95 bits per heavy atom. The van der Waals surface area contributed by atoms with Gasteiger partial charge < -0.3 is 15.2 Å². The van der Waals surface area contributed by atoms with Gasteiger partial charge in [0.15, 0.2) is 0 Å². The van der Waals surface area contributed by atoms with Crippen LogP contribution in [0.1, 0.15) is 30.4 Å². The summed E-state index contributed by atoms with van der Waals surface area (Å²) in [6.07, 6.45) is 3.57. The predicted molar refractivity (Wildman–Crippen MR) is 77.6 cm³/mol. The number of benzene rings is 1. The van der Waals surface area contributed by atoms with Crippen LogP contribution >= 0.6 is 0 Å². The van der Waals surface area contributed by atoms with E-state index in [1.165, 1.54) is 30.4 Å². The highest BCUT2D eigenvalue weighted by Gasteiger charge is 2.20. The van der Waals surface area contributed by atoms with Crippen molar-refractivity contribution in [2.24, 2.45) is 5.92 Å². The monoisotopic (exact) mass is 263 g/mol. The molecular formula is C16H25NO2. The van der Waals surface area contributed by atoms with Crippen molar-refractivity contribution in [1.29, 1.82) is 0 Å². The lowest BCUT2D eigenvalue weighted by Crippen LogP contribution is -2.32. The molecule has 1 aromatic rings. The van der Waals surface area contributed by atoms with Gasteiger partial charge >= 0.3 is 0 Å². The number of aryl methyl sites for hydroxylation is 2. The fraction of sp³-hybridized carbons (Fsp3) is 0.625. The van der Waals surface area contributed by atoms with Crippen molar-refractivity contribution in [3.8, 4) is 5.75 Å². The summed E-state index contributed by atoms with van der Waals surface area (Å²) in [5.41, 5.74) is 2.37. The summed E-state index contributed by atoms with van der Waals surface area (Å²) in [5.74, 6) is 1.78. The molecule has 1 atom stereocenters. The van der Waals surface area contributed by atoms with Crippen molar-refractivity contribution >= 4 is 0 Å². The normalized spacial score (nSPS) is 16.4. The van der Waals surface area contributed by atoms with Gasteiger partial charge in [-0.2, -0.15) is 0 Å². The second-order valence-corrected chi connectivity index (χ2v) is 5.72. The second kappa shape index (κ2) is 6.92. The molecule has 0 radical (unpaired) electrons. The van der Waals surface area contributed by atoms with Crippen LogP contribution in [0.25, 0.3) is 0 Å². The van der Waals surface area contributed by atoms with Crippen molar-refractivity contribution in [3.63, 3.8) is 0 Å². The highest BCUT2D eigenvalue weighted by atomic mass is 16.5. The molecule has 1 aromatic carbocycles. The summed E-state index contributed by atoms with van der Waals surface area (Å²) in [5, 5.41) is 13.1. The molecule has 2 rings (SSSR count). The molecule has 0 amide bonds. The third-order valence-corrected chi connectivity index (χ3v) is 3.44. The van der Waals surface area contributed by atoms with Crippen LogP contribution in [0, 0.1) is 19.8 Å². The van der Waals surface area contributed by atoms with E-state index in [9.17, 15) is 5.11 Å². The van der Waals surface area contributed by atoms with Crippen molar-refractivity contribution in [2.45, 2.75) is 39.2 Å². The van der Waals surface area contributed by atoms with Crippen LogP contribution in [0.4, 0.5) is 0 Å². The maximum Gasteiger partial charge on any atom is 0.119 e. The van der Waals surface area contributed by atoms with Crippen LogP contribution in [0.2, 0.25) is 0 Å². The third-order valence-electron chi connectivity index (χ3n) is 3.44. The Morgan fingerprint density at radius 1 is 1.26 bits per heavy atom. The molecule has 0 spiro atoms. The number of hydrogen-bond acceptors (Lipinski definition) is 3. The first-order chi connectivity index (χ1) is 9.13. The van der Waals surface area contributed by atoms with Crippen molar-refractivity contribution < 1.29 is 9.84 Å². The fourth-order valence-corrected chi connectivity index (χ4v) is 2.25. The Balaban J connectivity index is 1.62. The van der Waals surface area contributed by atoms with Crippen molar-refractivity contribution in [1.82, 2.24) is 5.32 Å². The van der Waals surface area contributed by atoms with Gasteiger partial charge in [0, 0.05) is 6.54 Å². The van der Waals surface area contributed by atoms with Crippen LogP contribution in [0.5, 0.6) is 5.75 Å².